The van der Waals surface area contributed by atoms with Crippen molar-refractivity contribution in [3.05, 3.63) is 18.0 Å². The number of rotatable bonds is 4. The van der Waals surface area contributed by atoms with Crippen molar-refractivity contribution in [3.63, 3.8) is 0 Å². The SMILES string of the molecule is [NH-][NH+](NC1CCC(C2CCC(N)CC2)CC1)c1ccc(O)c(N)c1N. The van der Waals surface area contributed by atoms with E-state index in [0.29, 0.717) is 17.8 Å². The first-order chi connectivity index (χ1) is 12.0. The lowest BCUT2D eigenvalue weighted by Crippen LogP contribution is -3.09. The number of nitrogen functional groups attached to an aromatic ring is 2. The van der Waals surface area contributed by atoms with Gasteiger partial charge < -0.3 is 28.2 Å². The zero-order valence-electron chi connectivity index (χ0n) is 14.8. The Hall–Kier alpha value is -1.54. The molecule has 2 aliphatic rings. The number of hydrogen-bond donors (Lipinski definition) is 6. The van der Waals surface area contributed by atoms with Gasteiger partial charge >= 0.3 is 0 Å². The van der Waals surface area contributed by atoms with Crippen molar-refractivity contribution in [3.8, 4) is 5.75 Å². The Morgan fingerprint density at radius 1 is 0.920 bits per heavy atom. The summed E-state index contributed by atoms with van der Waals surface area (Å²) in [7, 11) is 0. The maximum absolute atomic E-state index is 9.59. The topological polar surface area (TPSA) is 139 Å². The molecule has 140 valence electrons. The van der Waals surface area contributed by atoms with Gasteiger partial charge in [0.05, 0.1) is 6.04 Å². The number of benzene rings is 1. The predicted octanol–water partition coefficient (Wildman–Crippen LogP) is 1.62. The van der Waals surface area contributed by atoms with E-state index < -0.39 is 0 Å². The van der Waals surface area contributed by atoms with E-state index in [1.54, 1.807) is 6.07 Å². The zero-order valence-corrected chi connectivity index (χ0v) is 14.8. The van der Waals surface area contributed by atoms with E-state index >= 15 is 0 Å². The predicted molar refractivity (Wildman–Crippen MR) is 101 cm³/mol. The molecule has 3 rings (SSSR count). The summed E-state index contributed by atoms with van der Waals surface area (Å²) in [6, 6.07) is 3.86. The van der Waals surface area contributed by atoms with E-state index in [1.165, 1.54) is 44.6 Å². The molecular weight excluding hydrogens is 316 g/mol. The number of aromatic hydroxyl groups is 1. The first-order valence-electron chi connectivity index (χ1n) is 9.43. The van der Waals surface area contributed by atoms with Crippen molar-refractivity contribution in [2.45, 2.75) is 63.5 Å². The lowest BCUT2D eigenvalue weighted by molar-refractivity contribution is -0.832. The van der Waals surface area contributed by atoms with Crippen LogP contribution in [0.1, 0.15) is 51.4 Å². The Labute approximate surface area is 149 Å². The highest BCUT2D eigenvalue weighted by atomic mass is 16.3. The van der Waals surface area contributed by atoms with Crippen LogP contribution in [0.2, 0.25) is 0 Å². The maximum atomic E-state index is 9.59. The smallest absolute Gasteiger partial charge is 0.166 e. The van der Waals surface area contributed by atoms with Crippen LogP contribution in [0.5, 0.6) is 5.75 Å². The van der Waals surface area contributed by atoms with Crippen molar-refractivity contribution in [2.24, 2.45) is 17.6 Å². The summed E-state index contributed by atoms with van der Waals surface area (Å²) in [6.07, 6.45) is 9.53. The molecule has 2 aliphatic carbocycles. The lowest BCUT2D eigenvalue weighted by Gasteiger charge is -2.38. The van der Waals surface area contributed by atoms with Crippen LogP contribution >= 0.6 is 0 Å². The van der Waals surface area contributed by atoms with Gasteiger partial charge in [-0.25, -0.2) is 0 Å². The third kappa shape index (κ3) is 4.17. The van der Waals surface area contributed by atoms with Crippen molar-refractivity contribution in [1.29, 1.82) is 0 Å². The van der Waals surface area contributed by atoms with Crippen LogP contribution in [0.25, 0.3) is 5.84 Å². The van der Waals surface area contributed by atoms with Gasteiger partial charge in [-0.2, -0.15) is 5.43 Å². The fourth-order valence-corrected chi connectivity index (χ4v) is 4.48. The Morgan fingerprint density at radius 2 is 1.48 bits per heavy atom. The molecule has 0 aliphatic heterocycles. The minimum Gasteiger partial charge on any atom is -0.506 e. The summed E-state index contributed by atoms with van der Waals surface area (Å²) in [5.74, 6) is 9.91. The van der Waals surface area contributed by atoms with E-state index in [-0.39, 0.29) is 22.2 Å². The van der Waals surface area contributed by atoms with Gasteiger partial charge in [-0.05, 0) is 69.3 Å². The molecule has 10 N–H and O–H groups in total. The fraction of sp³-hybridized carbons (Fsp3) is 0.667. The summed E-state index contributed by atoms with van der Waals surface area (Å²) < 4.78 is 0. The summed E-state index contributed by atoms with van der Waals surface area (Å²) in [5.41, 5.74) is 22.0. The second kappa shape index (κ2) is 7.78. The molecule has 0 heterocycles. The molecule has 7 nitrogen and oxygen atoms in total. The summed E-state index contributed by atoms with van der Waals surface area (Å²) in [5, 5.41) is 9.88. The van der Waals surface area contributed by atoms with Crippen LogP contribution in [0.3, 0.4) is 0 Å². The Balaban J connectivity index is 1.51. The minimum absolute atomic E-state index is 0.0400. The van der Waals surface area contributed by atoms with Crippen molar-refractivity contribution >= 4 is 17.1 Å². The minimum atomic E-state index is -0.0400. The number of anilines is 2. The summed E-state index contributed by atoms with van der Waals surface area (Å²) >= 11 is 0. The van der Waals surface area contributed by atoms with Gasteiger partial charge in [0.2, 0.25) is 0 Å². The molecule has 2 saturated carbocycles. The second-order valence-electron chi connectivity index (χ2n) is 7.77. The number of nitrogens with two attached hydrogens (primary N) is 3. The normalized spacial score (nSPS) is 31.6. The zero-order chi connectivity index (χ0) is 18.0. The van der Waals surface area contributed by atoms with Crippen LogP contribution in [0, 0.1) is 11.8 Å². The molecular formula is C18H32N6O. The average molecular weight is 348 g/mol. The molecule has 1 aromatic carbocycles. The van der Waals surface area contributed by atoms with Gasteiger partial charge in [0.1, 0.15) is 17.1 Å². The Morgan fingerprint density at radius 3 is 2.08 bits per heavy atom. The largest absolute Gasteiger partial charge is 0.506 e. The highest BCUT2D eigenvalue weighted by Crippen LogP contribution is 2.38. The molecule has 1 aromatic rings. The van der Waals surface area contributed by atoms with Crippen LogP contribution in [0.4, 0.5) is 17.1 Å². The van der Waals surface area contributed by atoms with Crippen LogP contribution in [-0.4, -0.2) is 17.2 Å². The van der Waals surface area contributed by atoms with E-state index in [9.17, 15) is 5.11 Å². The van der Waals surface area contributed by atoms with Gasteiger partial charge in [0.15, 0.2) is 5.69 Å². The monoisotopic (exact) mass is 348 g/mol. The van der Waals surface area contributed by atoms with Gasteiger partial charge in [0.25, 0.3) is 0 Å². The molecule has 0 aromatic heterocycles. The van der Waals surface area contributed by atoms with E-state index in [0.717, 1.165) is 24.7 Å². The van der Waals surface area contributed by atoms with Crippen molar-refractivity contribution < 1.29 is 10.2 Å². The second-order valence-corrected chi connectivity index (χ2v) is 7.77. The van der Waals surface area contributed by atoms with Gasteiger partial charge in [0, 0.05) is 12.1 Å². The van der Waals surface area contributed by atoms with E-state index in [1.807, 2.05) is 0 Å². The lowest BCUT2D eigenvalue weighted by atomic mass is 9.72. The molecule has 1 unspecified atom stereocenters. The first kappa shape index (κ1) is 18.3. The van der Waals surface area contributed by atoms with Crippen molar-refractivity contribution in [1.82, 2.24) is 5.43 Å². The molecule has 2 fully saturated rings. The van der Waals surface area contributed by atoms with Crippen LogP contribution < -0.4 is 27.7 Å². The standard InChI is InChI=1S/C18H32N6O/c19-13-5-1-11(2-6-13)12-3-7-14(8-4-12)23-24(22)15-9-10-16(25)18(21)17(15)20/h9-14,22-25H,1-8,19-21H2. The third-order valence-corrected chi connectivity index (χ3v) is 6.14. The molecule has 0 radical (unpaired) electrons. The number of nitrogens with one attached hydrogen (secondary N) is 3. The van der Waals surface area contributed by atoms with Crippen LogP contribution in [0.15, 0.2) is 12.1 Å². The molecule has 0 bridgehead atoms. The fourth-order valence-electron chi connectivity index (χ4n) is 4.48. The first-order valence-corrected chi connectivity index (χ1v) is 9.43. The number of phenolic OH excluding ortho intramolecular Hbond substituents is 1. The summed E-state index contributed by atoms with van der Waals surface area (Å²) in [4.78, 5) is 0. The number of hydrogen-bond acceptors (Lipinski definition) is 5. The van der Waals surface area contributed by atoms with Gasteiger partial charge in [-0.15, -0.1) is 0 Å². The van der Waals surface area contributed by atoms with Gasteiger partial charge in [-0.1, -0.05) is 0 Å². The molecule has 0 saturated heterocycles. The molecule has 0 spiro atoms. The quantitative estimate of drug-likeness (QED) is 0.212. The molecule has 1 atom stereocenters. The number of phenols is 1. The highest BCUT2D eigenvalue weighted by molar-refractivity contribution is 5.78. The van der Waals surface area contributed by atoms with Gasteiger partial charge in [-0.3, -0.25) is 5.12 Å². The number of quaternary nitrogens is 1. The van der Waals surface area contributed by atoms with E-state index in [2.05, 4.69) is 5.43 Å². The molecule has 25 heavy (non-hydrogen) atoms. The Kier molecular flexibility index (Phi) is 5.68. The molecule has 7 heteroatoms. The van der Waals surface area contributed by atoms with Crippen LogP contribution in [-0.2, 0) is 0 Å². The van der Waals surface area contributed by atoms with Crippen molar-refractivity contribution in [2.75, 3.05) is 11.5 Å². The third-order valence-electron chi connectivity index (χ3n) is 6.14. The maximum Gasteiger partial charge on any atom is 0.166 e. The summed E-state index contributed by atoms with van der Waals surface area (Å²) in [6.45, 7) is 0. The average Bonchev–Trinajstić information content (AvgIpc) is 2.61. The molecule has 0 amide bonds. The highest BCUT2D eigenvalue weighted by Gasteiger charge is 2.31. The van der Waals surface area contributed by atoms with E-state index in [4.69, 9.17) is 23.0 Å². The Bertz CT molecular complexity index is 579.